The average Bonchev–Trinajstić information content (AvgIpc) is 2.44. The fraction of sp³-hybridized carbons (Fsp3) is 0.143. The molecular formula is C14H12Cl2N2OS. The standard InChI is InChI=1S/C14H12Cl2N2OS/c1-9(20-11-6-4-10(15)5-7-11)14(19)18-12-3-2-8-17-13(12)16/h2-9H,1H3,(H,18,19). The molecule has 0 aliphatic carbocycles. The first-order chi connectivity index (χ1) is 9.56. The maximum atomic E-state index is 12.1. The molecule has 0 bridgehead atoms. The van der Waals surface area contributed by atoms with E-state index in [0.29, 0.717) is 10.7 Å². The summed E-state index contributed by atoms with van der Waals surface area (Å²) in [4.78, 5) is 17.0. The molecule has 1 atom stereocenters. The Morgan fingerprint density at radius 3 is 2.60 bits per heavy atom. The third kappa shape index (κ3) is 4.13. The molecule has 104 valence electrons. The summed E-state index contributed by atoms with van der Waals surface area (Å²) in [7, 11) is 0. The predicted molar refractivity (Wildman–Crippen MR) is 84.6 cm³/mol. The van der Waals surface area contributed by atoms with E-state index in [0.717, 1.165) is 4.90 Å². The summed E-state index contributed by atoms with van der Waals surface area (Å²) in [5, 5.41) is 3.46. The molecule has 2 aromatic rings. The minimum atomic E-state index is -0.257. The van der Waals surface area contributed by atoms with E-state index in [1.807, 2.05) is 19.1 Å². The number of pyridine rings is 1. The Labute approximate surface area is 131 Å². The number of halogens is 2. The Kier molecular flexibility index (Phi) is 5.29. The summed E-state index contributed by atoms with van der Waals surface area (Å²) in [5.41, 5.74) is 0.516. The molecule has 20 heavy (non-hydrogen) atoms. The third-order valence-corrected chi connectivity index (χ3v) is 4.18. The molecule has 0 saturated heterocycles. The molecule has 3 nitrogen and oxygen atoms in total. The molecule has 1 aromatic heterocycles. The van der Waals surface area contributed by atoms with Crippen molar-refractivity contribution in [2.75, 3.05) is 5.32 Å². The first-order valence-electron chi connectivity index (χ1n) is 5.90. The predicted octanol–water partition coefficient (Wildman–Crippen LogP) is 4.51. The molecule has 0 spiro atoms. The quantitative estimate of drug-likeness (QED) is 0.664. The zero-order valence-electron chi connectivity index (χ0n) is 10.6. The highest BCUT2D eigenvalue weighted by atomic mass is 35.5. The maximum Gasteiger partial charge on any atom is 0.237 e. The van der Waals surface area contributed by atoms with Crippen LogP contribution in [0.2, 0.25) is 10.2 Å². The number of nitrogens with zero attached hydrogens (tertiary/aromatic N) is 1. The van der Waals surface area contributed by atoms with Gasteiger partial charge in [-0.15, -0.1) is 11.8 Å². The minimum absolute atomic E-state index is 0.125. The van der Waals surface area contributed by atoms with Gasteiger partial charge in [0.1, 0.15) is 0 Å². The van der Waals surface area contributed by atoms with Gasteiger partial charge in [-0.2, -0.15) is 0 Å². The summed E-state index contributed by atoms with van der Waals surface area (Å²) in [6.45, 7) is 1.83. The van der Waals surface area contributed by atoms with Gasteiger partial charge in [-0.05, 0) is 43.3 Å². The van der Waals surface area contributed by atoms with Crippen LogP contribution < -0.4 is 5.32 Å². The normalized spacial score (nSPS) is 11.9. The molecule has 0 aliphatic rings. The molecular weight excluding hydrogens is 315 g/mol. The van der Waals surface area contributed by atoms with Crippen LogP contribution in [0.15, 0.2) is 47.5 Å². The lowest BCUT2D eigenvalue weighted by molar-refractivity contribution is -0.115. The zero-order valence-corrected chi connectivity index (χ0v) is 13.0. The van der Waals surface area contributed by atoms with Crippen LogP contribution in [0.25, 0.3) is 0 Å². The Balaban J connectivity index is 1.99. The molecule has 1 aromatic carbocycles. The summed E-state index contributed by atoms with van der Waals surface area (Å²) in [6.07, 6.45) is 1.57. The van der Waals surface area contributed by atoms with Crippen LogP contribution >= 0.6 is 35.0 Å². The van der Waals surface area contributed by atoms with E-state index in [1.54, 1.807) is 30.5 Å². The van der Waals surface area contributed by atoms with Crippen molar-refractivity contribution in [3.05, 3.63) is 52.8 Å². The molecule has 0 saturated carbocycles. The maximum absolute atomic E-state index is 12.1. The number of rotatable bonds is 4. The summed E-state index contributed by atoms with van der Waals surface area (Å²) in [5.74, 6) is -0.125. The number of thioether (sulfide) groups is 1. The second kappa shape index (κ2) is 6.97. The molecule has 1 N–H and O–H groups in total. The molecule has 1 heterocycles. The first kappa shape index (κ1) is 15.2. The Hall–Kier alpha value is -1.23. The number of hydrogen-bond acceptors (Lipinski definition) is 3. The van der Waals surface area contributed by atoms with E-state index in [1.165, 1.54) is 11.8 Å². The van der Waals surface area contributed by atoms with Gasteiger partial charge < -0.3 is 5.32 Å². The van der Waals surface area contributed by atoms with E-state index in [2.05, 4.69) is 10.3 Å². The van der Waals surface area contributed by atoms with Crippen LogP contribution in [0, 0.1) is 0 Å². The Morgan fingerprint density at radius 2 is 1.95 bits per heavy atom. The molecule has 0 aliphatic heterocycles. The van der Waals surface area contributed by atoms with Crippen LogP contribution in [0.1, 0.15) is 6.92 Å². The molecule has 2 rings (SSSR count). The van der Waals surface area contributed by atoms with Crippen LogP contribution in [-0.4, -0.2) is 16.1 Å². The smallest absolute Gasteiger partial charge is 0.237 e. The number of nitrogens with one attached hydrogen (secondary N) is 1. The zero-order chi connectivity index (χ0) is 14.5. The summed E-state index contributed by atoms with van der Waals surface area (Å²) in [6, 6.07) is 10.8. The van der Waals surface area contributed by atoms with Gasteiger partial charge >= 0.3 is 0 Å². The van der Waals surface area contributed by atoms with Gasteiger partial charge in [-0.3, -0.25) is 4.79 Å². The SMILES string of the molecule is CC(Sc1ccc(Cl)cc1)C(=O)Nc1cccnc1Cl. The van der Waals surface area contributed by atoms with Gasteiger partial charge in [0.05, 0.1) is 10.9 Å². The number of amides is 1. The van der Waals surface area contributed by atoms with Crippen molar-refractivity contribution in [1.82, 2.24) is 4.98 Å². The minimum Gasteiger partial charge on any atom is -0.322 e. The number of aromatic nitrogens is 1. The Bertz CT molecular complexity index is 604. The monoisotopic (exact) mass is 326 g/mol. The number of carbonyl (C=O) groups is 1. The number of hydrogen-bond donors (Lipinski definition) is 1. The van der Waals surface area contributed by atoms with Crippen molar-refractivity contribution in [2.45, 2.75) is 17.1 Å². The van der Waals surface area contributed by atoms with Gasteiger partial charge in [-0.1, -0.05) is 23.2 Å². The number of benzene rings is 1. The molecule has 1 unspecified atom stereocenters. The van der Waals surface area contributed by atoms with E-state index >= 15 is 0 Å². The van der Waals surface area contributed by atoms with Gasteiger partial charge in [0, 0.05) is 16.1 Å². The average molecular weight is 327 g/mol. The van der Waals surface area contributed by atoms with Crippen LogP contribution in [0.4, 0.5) is 5.69 Å². The number of carbonyl (C=O) groups excluding carboxylic acids is 1. The third-order valence-electron chi connectivity index (χ3n) is 2.51. The van der Waals surface area contributed by atoms with Crippen LogP contribution in [0.5, 0.6) is 0 Å². The highest BCUT2D eigenvalue weighted by Crippen LogP contribution is 2.26. The van der Waals surface area contributed by atoms with E-state index in [4.69, 9.17) is 23.2 Å². The summed E-state index contributed by atoms with van der Waals surface area (Å²) >= 11 is 13.2. The topological polar surface area (TPSA) is 42.0 Å². The largest absolute Gasteiger partial charge is 0.322 e. The lowest BCUT2D eigenvalue weighted by Crippen LogP contribution is -2.22. The van der Waals surface area contributed by atoms with Crippen molar-refractivity contribution in [2.24, 2.45) is 0 Å². The van der Waals surface area contributed by atoms with Gasteiger partial charge in [0.15, 0.2) is 5.15 Å². The van der Waals surface area contributed by atoms with Crippen molar-refractivity contribution < 1.29 is 4.79 Å². The highest BCUT2D eigenvalue weighted by Gasteiger charge is 2.15. The van der Waals surface area contributed by atoms with E-state index in [9.17, 15) is 4.79 Å². The molecule has 6 heteroatoms. The van der Waals surface area contributed by atoms with E-state index in [-0.39, 0.29) is 16.3 Å². The first-order valence-corrected chi connectivity index (χ1v) is 7.53. The van der Waals surface area contributed by atoms with E-state index < -0.39 is 0 Å². The summed E-state index contributed by atoms with van der Waals surface area (Å²) < 4.78 is 0. The van der Waals surface area contributed by atoms with Crippen LogP contribution in [-0.2, 0) is 4.79 Å². The Morgan fingerprint density at radius 1 is 1.25 bits per heavy atom. The lowest BCUT2D eigenvalue weighted by Gasteiger charge is -2.12. The van der Waals surface area contributed by atoms with Crippen LogP contribution in [0.3, 0.4) is 0 Å². The molecule has 0 fully saturated rings. The fourth-order valence-corrected chi connectivity index (χ4v) is 2.64. The second-order valence-corrected chi connectivity index (χ2v) is 6.25. The second-order valence-electron chi connectivity index (χ2n) is 4.05. The molecule has 0 radical (unpaired) electrons. The van der Waals surface area contributed by atoms with Gasteiger partial charge in [0.25, 0.3) is 0 Å². The molecule has 1 amide bonds. The van der Waals surface area contributed by atoms with Gasteiger partial charge in [-0.25, -0.2) is 4.98 Å². The lowest BCUT2D eigenvalue weighted by atomic mass is 10.3. The van der Waals surface area contributed by atoms with Gasteiger partial charge in [0.2, 0.25) is 5.91 Å². The fourth-order valence-electron chi connectivity index (χ4n) is 1.48. The van der Waals surface area contributed by atoms with Crippen molar-refractivity contribution in [3.63, 3.8) is 0 Å². The van der Waals surface area contributed by atoms with Crippen molar-refractivity contribution >= 4 is 46.6 Å². The number of anilines is 1. The highest BCUT2D eigenvalue weighted by molar-refractivity contribution is 8.00. The van der Waals surface area contributed by atoms with Crippen molar-refractivity contribution in [1.29, 1.82) is 0 Å². The van der Waals surface area contributed by atoms with Crippen molar-refractivity contribution in [3.8, 4) is 0 Å².